The minimum Gasteiger partial charge on any atom is -0.366 e. The molecule has 0 aromatic heterocycles. The first-order valence-electron chi connectivity index (χ1n) is 6.52. The highest BCUT2D eigenvalue weighted by atomic mass is 19.1. The van der Waals surface area contributed by atoms with E-state index in [9.17, 15) is 14.0 Å². The number of amides is 2. The molecule has 0 heterocycles. The van der Waals surface area contributed by atoms with Gasteiger partial charge in [-0.2, -0.15) is 0 Å². The Hall–Kier alpha value is -1.95. The Labute approximate surface area is 117 Å². The Kier molecular flexibility index (Phi) is 6.11. The quantitative estimate of drug-likeness (QED) is 0.664. The number of benzene rings is 1. The Bertz CT molecular complexity index is 489. The van der Waals surface area contributed by atoms with Crippen LogP contribution in [0, 0.1) is 5.82 Å². The summed E-state index contributed by atoms with van der Waals surface area (Å²) >= 11 is 0. The zero-order valence-corrected chi connectivity index (χ0v) is 11.7. The molecule has 0 radical (unpaired) electrons. The Morgan fingerprint density at radius 3 is 2.65 bits per heavy atom. The second-order valence-electron chi connectivity index (χ2n) is 4.82. The molecule has 0 aliphatic heterocycles. The monoisotopic (exact) mass is 281 g/mol. The lowest BCUT2D eigenvalue weighted by molar-refractivity contribution is -0.116. The first-order chi connectivity index (χ1) is 9.40. The van der Waals surface area contributed by atoms with Gasteiger partial charge in [-0.25, -0.2) is 4.39 Å². The van der Waals surface area contributed by atoms with Gasteiger partial charge in [-0.15, -0.1) is 0 Å². The van der Waals surface area contributed by atoms with E-state index >= 15 is 0 Å². The Morgan fingerprint density at radius 1 is 1.35 bits per heavy atom. The molecule has 0 fully saturated rings. The highest BCUT2D eigenvalue weighted by Gasteiger charge is 2.10. The maximum atomic E-state index is 13.5. The topological polar surface area (TPSA) is 84.2 Å². The molecule has 20 heavy (non-hydrogen) atoms. The molecule has 0 spiro atoms. The van der Waals surface area contributed by atoms with Crippen LogP contribution in [0.2, 0.25) is 0 Å². The van der Waals surface area contributed by atoms with Crippen molar-refractivity contribution in [2.24, 2.45) is 5.73 Å². The second kappa shape index (κ2) is 7.59. The molecule has 5 nitrogen and oxygen atoms in total. The lowest BCUT2D eigenvalue weighted by atomic mass is 10.1. The van der Waals surface area contributed by atoms with Crippen molar-refractivity contribution < 1.29 is 14.0 Å². The largest absolute Gasteiger partial charge is 0.366 e. The van der Waals surface area contributed by atoms with Gasteiger partial charge in [-0.05, 0) is 31.2 Å². The van der Waals surface area contributed by atoms with Gasteiger partial charge < -0.3 is 16.4 Å². The summed E-state index contributed by atoms with van der Waals surface area (Å²) in [5, 5.41) is 5.63. The molecule has 0 unspecified atom stereocenters. The van der Waals surface area contributed by atoms with Crippen molar-refractivity contribution in [3.8, 4) is 0 Å². The van der Waals surface area contributed by atoms with Gasteiger partial charge in [0.15, 0.2) is 0 Å². The normalized spacial score (nSPS) is 10.6. The summed E-state index contributed by atoms with van der Waals surface area (Å²) in [5.74, 6) is -1.55. The summed E-state index contributed by atoms with van der Waals surface area (Å²) < 4.78 is 13.5. The van der Waals surface area contributed by atoms with E-state index in [4.69, 9.17) is 5.73 Å². The third kappa shape index (κ3) is 5.36. The van der Waals surface area contributed by atoms with Crippen molar-refractivity contribution in [1.29, 1.82) is 0 Å². The molecule has 4 N–H and O–H groups in total. The Morgan fingerprint density at radius 2 is 2.05 bits per heavy atom. The molecule has 110 valence electrons. The predicted molar refractivity (Wildman–Crippen MR) is 75.9 cm³/mol. The summed E-state index contributed by atoms with van der Waals surface area (Å²) in [6.45, 7) is 4.75. The molecule has 0 aliphatic rings. The number of carbonyl (C=O) groups excluding carboxylic acids is 2. The van der Waals surface area contributed by atoms with Crippen molar-refractivity contribution in [3.63, 3.8) is 0 Å². The van der Waals surface area contributed by atoms with Gasteiger partial charge in [-0.1, -0.05) is 13.8 Å². The fourth-order valence-electron chi connectivity index (χ4n) is 1.63. The van der Waals surface area contributed by atoms with Crippen LogP contribution in [0.1, 0.15) is 37.0 Å². The van der Waals surface area contributed by atoms with E-state index in [-0.39, 0.29) is 23.6 Å². The van der Waals surface area contributed by atoms with E-state index in [1.807, 2.05) is 13.8 Å². The maximum Gasteiger partial charge on any atom is 0.248 e. The minimum atomic E-state index is -0.665. The number of primary amides is 1. The fraction of sp³-hybridized carbons (Fsp3) is 0.429. The molecule has 1 rings (SSSR count). The Balaban J connectivity index is 2.53. The van der Waals surface area contributed by atoms with Crippen molar-refractivity contribution >= 4 is 17.5 Å². The second-order valence-corrected chi connectivity index (χ2v) is 4.82. The van der Waals surface area contributed by atoms with Crippen LogP contribution >= 0.6 is 0 Å². The number of hydrogen-bond donors (Lipinski definition) is 3. The van der Waals surface area contributed by atoms with Crippen LogP contribution in [0.4, 0.5) is 10.1 Å². The van der Waals surface area contributed by atoms with Crippen molar-refractivity contribution in [2.45, 2.75) is 32.7 Å². The number of carbonyl (C=O) groups is 2. The SMILES string of the molecule is CC(C)NCCCC(=O)Nc1cc(C(N)=O)ccc1F. The first kappa shape index (κ1) is 16.1. The van der Waals surface area contributed by atoms with Crippen LogP contribution in [-0.4, -0.2) is 24.4 Å². The lowest BCUT2D eigenvalue weighted by Gasteiger charge is -2.09. The van der Waals surface area contributed by atoms with Gasteiger partial charge in [0.1, 0.15) is 5.82 Å². The molecule has 0 bridgehead atoms. The van der Waals surface area contributed by atoms with Crippen molar-refractivity contribution in [1.82, 2.24) is 5.32 Å². The van der Waals surface area contributed by atoms with Crippen LogP contribution in [-0.2, 0) is 4.79 Å². The van der Waals surface area contributed by atoms with Gasteiger partial charge >= 0.3 is 0 Å². The number of halogens is 1. The third-order valence-electron chi connectivity index (χ3n) is 2.66. The first-order valence-corrected chi connectivity index (χ1v) is 6.52. The molecule has 1 aromatic carbocycles. The highest BCUT2D eigenvalue weighted by molar-refractivity contribution is 5.96. The van der Waals surface area contributed by atoms with Crippen LogP contribution in [0.15, 0.2) is 18.2 Å². The van der Waals surface area contributed by atoms with E-state index in [0.717, 1.165) is 12.6 Å². The van der Waals surface area contributed by atoms with Gasteiger partial charge in [0, 0.05) is 18.0 Å². The zero-order valence-electron chi connectivity index (χ0n) is 11.7. The van der Waals surface area contributed by atoms with E-state index < -0.39 is 11.7 Å². The average molecular weight is 281 g/mol. The van der Waals surface area contributed by atoms with Crippen molar-refractivity contribution in [2.75, 3.05) is 11.9 Å². The number of hydrogen-bond acceptors (Lipinski definition) is 3. The van der Waals surface area contributed by atoms with E-state index in [2.05, 4.69) is 10.6 Å². The lowest BCUT2D eigenvalue weighted by Crippen LogP contribution is -2.25. The summed E-state index contributed by atoms with van der Waals surface area (Å²) in [5.41, 5.74) is 5.24. The molecule has 0 aliphatic carbocycles. The van der Waals surface area contributed by atoms with Crippen LogP contribution in [0.25, 0.3) is 0 Å². The van der Waals surface area contributed by atoms with E-state index in [1.54, 1.807) is 0 Å². The zero-order chi connectivity index (χ0) is 15.1. The van der Waals surface area contributed by atoms with Gasteiger partial charge in [0.25, 0.3) is 0 Å². The highest BCUT2D eigenvalue weighted by Crippen LogP contribution is 2.16. The van der Waals surface area contributed by atoms with Crippen molar-refractivity contribution in [3.05, 3.63) is 29.6 Å². The number of rotatable bonds is 7. The molecular formula is C14H20FN3O2. The summed E-state index contributed by atoms with van der Waals surface area (Å²) in [6, 6.07) is 3.99. The standard InChI is InChI=1S/C14H20FN3O2/c1-9(2)17-7-3-4-13(19)18-12-8-10(14(16)20)5-6-11(12)15/h5-6,8-9,17H,3-4,7H2,1-2H3,(H2,16,20)(H,18,19). The van der Waals surface area contributed by atoms with Gasteiger partial charge in [0.2, 0.25) is 11.8 Å². The number of nitrogens with two attached hydrogens (primary N) is 1. The molecular weight excluding hydrogens is 261 g/mol. The number of anilines is 1. The molecule has 6 heteroatoms. The minimum absolute atomic E-state index is 0.0249. The summed E-state index contributed by atoms with van der Waals surface area (Å²) in [4.78, 5) is 22.7. The van der Waals surface area contributed by atoms with Crippen LogP contribution in [0.3, 0.4) is 0 Å². The smallest absolute Gasteiger partial charge is 0.248 e. The maximum absolute atomic E-state index is 13.5. The average Bonchev–Trinajstić information content (AvgIpc) is 2.37. The molecule has 2 amide bonds. The summed E-state index contributed by atoms with van der Waals surface area (Å²) in [7, 11) is 0. The number of nitrogens with one attached hydrogen (secondary N) is 2. The summed E-state index contributed by atoms with van der Waals surface area (Å²) in [6.07, 6.45) is 0.932. The van der Waals surface area contributed by atoms with E-state index in [1.165, 1.54) is 12.1 Å². The molecule has 0 atom stereocenters. The van der Waals surface area contributed by atoms with Crippen LogP contribution < -0.4 is 16.4 Å². The molecule has 0 saturated heterocycles. The van der Waals surface area contributed by atoms with E-state index in [0.29, 0.717) is 12.5 Å². The van der Waals surface area contributed by atoms with Crippen LogP contribution in [0.5, 0.6) is 0 Å². The van der Waals surface area contributed by atoms with Gasteiger partial charge in [0.05, 0.1) is 5.69 Å². The molecule has 0 saturated carbocycles. The van der Waals surface area contributed by atoms with Gasteiger partial charge in [-0.3, -0.25) is 9.59 Å². The molecule has 1 aromatic rings. The predicted octanol–water partition coefficient (Wildman–Crippen LogP) is 1.64. The third-order valence-corrected chi connectivity index (χ3v) is 2.66. The fourth-order valence-corrected chi connectivity index (χ4v) is 1.63.